The zero-order valence-corrected chi connectivity index (χ0v) is 21.4. The van der Waals surface area contributed by atoms with Crippen molar-refractivity contribution in [2.24, 2.45) is 7.05 Å². The largest absolute Gasteiger partial charge is 0.491 e. The van der Waals surface area contributed by atoms with Crippen molar-refractivity contribution in [3.63, 3.8) is 0 Å². The van der Waals surface area contributed by atoms with Gasteiger partial charge < -0.3 is 18.9 Å². The van der Waals surface area contributed by atoms with Gasteiger partial charge in [-0.2, -0.15) is 10.2 Å². The molecule has 0 aliphatic carbocycles. The highest BCUT2D eigenvalue weighted by Gasteiger charge is 2.22. The number of methoxy groups -OCH3 is 1. The lowest BCUT2D eigenvalue weighted by Crippen LogP contribution is -2.19. The van der Waals surface area contributed by atoms with E-state index in [1.165, 1.54) is 7.11 Å². The van der Waals surface area contributed by atoms with E-state index in [0.717, 1.165) is 65.0 Å². The van der Waals surface area contributed by atoms with Crippen molar-refractivity contribution in [3.8, 4) is 17.0 Å². The smallest absolute Gasteiger partial charge is 0.337 e. The van der Waals surface area contributed by atoms with E-state index in [-0.39, 0.29) is 6.23 Å². The Bertz CT molecular complexity index is 1520. The third kappa shape index (κ3) is 4.57. The minimum Gasteiger partial charge on any atom is -0.491 e. The highest BCUT2D eigenvalue weighted by molar-refractivity contribution is 5.93. The van der Waals surface area contributed by atoms with Crippen LogP contribution in [0.4, 0.5) is 0 Å². The van der Waals surface area contributed by atoms with Crippen LogP contribution in [0.5, 0.6) is 5.75 Å². The Kier molecular flexibility index (Phi) is 6.65. The summed E-state index contributed by atoms with van der Waals surface area (Å²) in [6.45, 7) is 1.73. The van der Waals surface area contributed by atoms with Crippen molar-refractivity contribution in [1.29, 1.82) is 0 Å². The van der Waals surface area contributed by atoms with Crippen molar-refractivity contribution >= 4 is 29.0 Å². The van der Waals surface area contributed by atoms with Crippen LogP contribution in [0.3, 0.4) is 0 Å². The number of carbonyl (C=O) groups excluding carboxylic acids is 1. The topological polar surface area (TPSA) is 103 Å². The maximum absolute atomic E-state index is 12.1. The van der Waals surface area contributed by atoms with Crippen molar-refractivity contribution in [2.45, 2.75) is 32.1 Å². The van der Waals surface area contributed by atoms with Gasteiger partial charge in [-0.15, -0.1) is 0 Å². The van der Waals surface area contributed by atoms with E-state index in [1.807, 2.05) is 42.3 Å². The second-order valence-electron chi connectivity index (χ2n) is 9.34. The fourth-order valence-electron chi connectivity index (χ4n) is 4.90. The molecule has 4 aromatic rings. The second kappa shape index (κ2) is 10.4. The van der Waals surface area contributed by atoms with E-state index in [2.05, 4.69) is 11.2 Å². The molecule has 1 atom stereocenters. The van der Waals surface area contributed by atoms with Crippen LogP contribution in [0.15, 0.2) is 36.7 Å². The van der Waals surface area contributed by atoms with Crippen LogP contribution >= 0.6 is 0 Å². The summed E-state index contributed by atoms with van der Waals surface area (Å²) in [6, 6.07) is 7.31. The van der Waals surface area contributed by atoms with Gasteiger partial charge in [0.15, 0.2) is 6.23 Å². The molecule has 10 nitrogen and oxygen atoms in total. The highest BCUT2D eigenvalue weighted by Crippen LogP contribution is 2.33. The van der Waals surface area contributed by atoms with Gasteiger partial charge in [0.25, 0.3) is 0 Å². The van der Waals surface area contributed by atoms with Crippen LogP contribution in [-0.4, -0.2) is 57.4 Å². The summed E-state index contributed by atoms with van der Waals surface area (Å²) in [4.78, 5) is 16.9. The first-order chi connectivity index (χ1) is 18.6. The highest BCUT2D eigenvalue weighted by atomic mass is 16.5. The van der Waals surface area contributed by atoms with Gasteiger partial charge in [0.05, 0.1) is 60.9 Å². The van der Waals surface area contributed by atoms with Crippen molar-refractivity contribution < 1.29 is 23.7 Å². The lowest BCUT2D eigenvalue weighted by molar-refractivity contribution is -0.0367. The first kappa shape index (κ1) is 24.3. The van der Waals surface area contributed by atoms with Crippen LogP contribution in [0, 0.1) is 0 Å². The molecule has 2 aliphatic heterocycles. The molecule has 0 amide bonds. The Morgan fingerprint density at radius 2 is 2.03 bits per heavy atom. The molecule has 196 valence electrons. The van der Waals surface area contributed by atoms with Gasteiger partial charge in [0.1, 0.15) is 12.4 Å². The molecule has 1 aromatic carbocycles. The van der Waals surface area contributed by atoms with Crippen molar-refractivity contribution in [1.82, 2.24) is 24.5 Å². The maximum atomic E-state index is 12.1. The number of aromatic nitrogens is 5. The molecule has 1 fully saturated rings. The normalized spacial score (nSPS) is 18.6. The number of aryl methyl sites for hydroxylation is 1. The van der Waals surface area contributed by atoms with Crippen molar-refractivity contribution in [2.75, 3.05) is 26.9 Å². The van der Waals surface area contributed by atoms with Crippen LogP contribution in [0.25, 0.3) is 34.3 Å². The molecule has 0 radical (unpaired) electrons. The molecule has 0 saturated carbocycles. The third-order valence-electron chi connectivity index (χ3n) is 6.97. The summed E-state index contributed by atoms with van der Waals surface area (Å²) in [6.07, 6.45) is 10.5. The number of esters is 1. The molecule has 0 spiro atoms. The molecule has 2 aliphatic rings. The van der Waals surface area contributed by atoms with Crippen LogP contribution < -0.4 is 4.74 Å². The van der Waals surface area contributed by atoms with Gasteiger partial charge in [-0.25, -0.2) is 9.48 Å². The molecule has 1 saturated heterocycles. The van der Waals surface area contributed by atoms with Crippen molar-refractivity contribution in [3.05, 3.63) is 59.2 Å². The lowest BCUT2D eigenvalue weighted by Gasteiger charge is -2.23. The van der Waals surface area contributed by atoms with Crippen LogP contribution in [0.1, 0.15) is 52.8 Å². The van der Waals surface area contributed by atoms with E-state index >= 15 is 0 Å². The monoisotopic (exact) mass is 515 g/mol. The van der Waals surface area contributed by atoms with Gasteiger partial charge in [0, 0.05) is 30.2 Å². The number of pyridine rings is 1. The predicted molar refractivity (Wildman–Crippen MR) is 140 cm³/mol. The maximum Gasteiger partial charge on any atom is 0.337 e. The minimum absolute atomic E-state index is 0.132. The average molecular weight is 516 g/mol. The molecule has 5 heterocycles. The minimum atomic E-state index is -0.423. The summed E-state index contributed by atoms with van der Waals surface area (Å²) in [5, 5.41) is 10.4. The van der Waals surface area contributed by atoms with Gasteiger partial charge >= 0.3 is 5.97 Å². The van der Waals surface area contributed by atoms with Gasteiger partial charge in [0.2, 0.25) is 0 Å². The summed E-state index contributed by atoms with van der Waals surface area (Å²) in [5.74, 6) is 0.138. The number of carbonyl (C=O) groups is 1. The van der Waals surface area contributed by atoms with Crippen LogP contribution in [0.2, 0.25) is 0 Å². The fourth-order valence-corrected chi connectivity index (χ4v) is 4.90. The number of hydrogen-bond acceptors (Lipinski definition) is 8. The van der Waals surface area contributed by atoms with E-state index < -0.39 is 5.97 Å². The molecular weight excluding hydrogens is 486 g/mol. The summed E-state index contributed by atoms with van der Waals surface area (Å²) < 4.78 is 26.7. The molecule has 0 N–H and O–H groups in total. The van der Waals surface area contributed by atoms with E-state index in [4.69, 9.17) is 29.0 Å². The van der Waals surface area contributed by atoms with E-state index in [9.17, 15) is 4.79 Å². The average Bonchev–Trinajstić information content (AvgIpc) is 3.51. The zero-order valence-electron chi connectivity index (χ0n) is 21.4. The van der Waals surface area contributed by atoms with Gasteiger partial charge in [-0.3, -0.25) is 9.67 Å². The number of fused-ring (bicyclic) bond motifs is 4. The Labute approximate surface area is 219 Å². The predicted octanol–water partition coefficient (Wildman–Crippen LogP) is 4.40. The number of ether oxygens (including phenoxy) is 4. The number of benzene rings is 1. The SMILES string of the molecule is COC(=O)c1ccc2c(c1)OCCOCc1c(cnn1C)-c1cc3c(nn(C4CCCCO4)c3cn1)/C=C/2. The Morgan fingerprint density at radius 1 is 1.11 bits per heavy atom. The summed E-state index contributed by atoms with van der Waals surface area (Å²) in [7, 11) is 3.25. The quantitative estimate of drug-likeness (QED) is 0.362. The fraction of sp³-hybridized carbons (Fsp3) is 0.357. The third-order valence-corrected chi connectivity index (χ3v) is 6.97. The number of nitrogens with zero attached hydrogens (tertiary/aromatic N) is 5. The molecule has 6 rings (SSSR count). The summed E-state index contributed by atoms with van der Waals surface area (Å²) in [5.41, 5.74) is 5.55. The van der Waals surface area contributed by atoms with Gasteiger partial charge in [-0.1, -0.05) is 6.07 Å². The zero-order chi connectivity index (χ0) is 26.1. The summed E-state index contributed by atoms with van der Waals surface area (Å²) >= 11 is 0. The van der Waals surface area contributed by atoms with E-state index in [0.29, 0.717) is 31.1 Å². The second-order valence-corrected chi connectivity index (χ2v) is 9.34. The standard InChI is InChI=1S/C28H29N5O5/c1-32-25-17-36-11-12-37-26-13-19(28(34)35-2)7-6-18(26)8-9-22-20-14-23(21(25)15-30-32)29-16-24(20)33(31-22)27-5-3-4-10-38-27/h6-9,13-16,27H,3-5,10-12,17H2,1-2H3/b9-8+. The number of rotatable bonds is 2. The molecule has 1 unspecified atom stereocenters. The molecule has 2 bridgehead atoms. The Morgan fingerprint density at radius 3 is 2.87 bits per heavy atom. The number of hydrogen-bond donors (Lipinski definition) is 0. The lowest BCUT2D eigenvalue weighted by atomic mass is 10.1. The molecule has 38 heavy (non-hydrogen) atoms. The molecule has 10 heteroatoms. The molecule has 3 aromatic heterocycles. The molecular formula is C28H29N5O5. The Hall–Kier alpha value is -4.02. The first-order valence-electron chi connectivity index (χ1n) is 12.7. The Balaban J connectivity index is 1.50. The van der Waals surface area contributed by atoms with Gasteiger partial charge in [-0.05, 0) is 49.6 Å². The van der Waals surface area contributed by atoms with E-state index in [1.54, 1.807) is 16.8 Å². The first-order valence-corrected chi connectivity index (χ1v) is 12.7. The van der Waals surface area contributed by atoms with Crippen LogP contribution in [-0.2, 0) is 27.9 Å².